The van der Waals surface area contributed by atoms with Crippen molar-refractivity contribution in [2.45, 2.75) is 25.9 Å². The van der Waals surface area contributed by atoms with Gasteiger partial charge in [0.25, 0.3) is 0 Å². The fourth-order valence-corrected chi connectivity index (χ4v) is 1.28. The van der Waals surface area contributed by atoms with Crippen LogP contribution in [-0.4, -0.2) is 28.5 Å². The fourth-order valence-electron chi connectivity index (χ4n) is 1.28. The topological polar surface area (TPSA) is 89.7 Å². The number of ether oxygens (including phenoxy) is 1. The van der Waals surface area contributed by atoms with E-state index in [-0.39, 0.29) is 23.6 Å². The molecule has 1 aromatic carbocycles. The van der Waals surface area contributed by atoms with Gasteiger partial charge in [0.05, 0.1) is 17.1 Å². The summed E-state index contributed by atoms with van der Waals surface area (Å²) in [5.41, 5.74) is -0.927. The highest BCUT2D eigenvalue weighted by atomic mass is 16.6. The molecule has 1 N–H and O–H groups in total. The van der Waals surface area contributed by atoms with E-state index >= 15 is 0 Å². The predicted octanol–water partition coefficient (Wildman–Crippen LogP) is 1.95. The molecule has 18 heavy (non-hydrogen) atoms. The first-order chi connectivity index (χ1) is 8.33. The van der Waals surface area contributed by atoms with Crippen molar-refractivity contribution in [1.82, 2.24) is 0 Å². The highest BCUT2D eigenvalue weighted by molar-refractivity contribution is 5.77. The van der Waals surface area contributed by atoms with Crippen molar-refractivity contribution in [1.29, 1.82) is 0 Å². The molecule has 0 radical (unpaired) electrons. The summed E-state index contributed by atoms with van der Waals surface area (Å²) in [5.74, 6) is 0.0925. The van der Waals surface area contributed by atoms with Crippen LogP contribution in [0, 0.1) is 10.1 Å². The van der Waals surface area contributed by atoms with Crippen molar-refractivity contribution in [3.63, 3.8) is 0 Å². The summed E-state index contributed by atoms with van der Waals surface area (Å²) in [6, 6.07) is 3.98. The number of nitro groups is 1. The first-order valence-corrected chi connectivity index (χ1v) is 5.42. The summed E-state index contributed by atoms with van der Waals surface area (Å²) < 4.78 is 5.26. The van der Waals surface area contributed by atoms with Crippen molar-refractivity contribution < 1.29 is 19.6 Å². The molecule has 0 saturated heterocycles. The van der Waals surface area contributed by atoms with Gasteiger partial charge in [0, 0.05) is 18.1 Å². The Labute approximate surface area is 104 Å². The quantitative estimate of drug-likeness (QED) is 0.475. The SMILES string of the molecule is CC(C)(O)CCOc1ccc(C=O)cc1[N+](=O)[O-]. The Hall–Kier alpha value is -1.95. The van der Waals surface area contributed by atoms with Crippen LogP contribution in [0.4, 0.5) is 5.69 Å². The standard InChI is InChI=1S/C12H15NO5/c1-12(2,15)5-6-18-11-4-3-9(8-14)7-10(11)13(16)17/h3-4,7-8,15H,5-6H2,1-2H3. The van der Waals surface area contributed by atoms with E-state index in [1.54, 1.807) is 13.8 Å². The molecule has 0 aliphatic rings. The fraction of sp³-hybridized carbons (Fsp3) is 0.417. The monoisotopic (exact) mass is 253 g/mol. The minimum atomic E-state index is -0.891. The van der Waals surface area contributed by atoms with E-state index < -0.39 is 10.5 Å². The molecular formula is C12H15NO5. The Balaban J connectivity index is 2.82. The minimum Gasteiger partial charge on any atom is -0.487 e. The van der Waals surface area contributed by atoms with Crippen molar-refractivity contribution in [3.8, 4) is 5.75 Å². The molecule has 6 nitrogen and oxygen atoms in total. The van der Waals surface area contributed by atoms with E-state index in [0.29, 0.717) is 12.7 Å². The molecule has 0 bridgehead atoms. The van der Waals surface area contributed by atoms with Gasteiger partial charge in [0.15, 0.2) is 5.75 Å². The lowest BCUT2D eigenvalue weighted by molar-refractivity contribution is -0.385. The van der Waals surface area contributed by atoms with E-state index in [9.17, 15) is 20.0 Å². The van der Waals surface area contributed by atoms with E-state index in [1.807, 2.05) is 0 Å². The summed E-state index contributed by atoms with van der Waals surface area (Å²) in [6.07, 6.45) is 0.882. The number of carbonyl (C=O) groups excluding carboxylic acids is 1. The van der Waals surface area contributed by atoms with E-state index in [2.05, 4.69) is 0 Å². The molecule has 0 aliphatic heterocycles. The summed E-state index contributed by atoms with van der Waals surface area (Å²) in [4.78, 5) is 20.7. The minimum absolute atomic E-state index is 0.0925. The largest absolute Gasteiger partial charge is 0.487 e. The molecule has 0 aromatic heterocycles. The lowest BCUT2D eigenvalue weighted by Crippen LogP contribution is -2.21. The van der Waals surface area contributed by atoms with Crippen LogP contribution in [0.3, 0.4) is 0 Å². The Morgan fingerprint density at radius 3 is 2.67 bits per heavy atom. The van der Waals surface area contributed by atoms with Crippen LogP contribution in [0.15, 0.2) is 18.2 Å². The average Bonchev–Trinajstić information content (AvgIpc) is 2.27. The van der Waals surface area contributed by atoms with E-state index in [1.165, 1.54) is 12.1 Å². The van der Waals surface area contributed by atoms with Crippen molar-refractivity contribution in [2.24, 2.45) is 0 Å². The predicted molar refractivity (Wildman–Crippen MR) is 64.9 cm³/mol. The smallest absolute Gasteiger partial charge is 0.311 e. The Kier molecular flexibility index (Phi) is 4.38. The number of hydrogen-bond acceptors (Lipinski definition) is 5. The normalized spacial score (nSPS) is 11.1. The van der Waals surface area contributed by atoms with Crippen LogP contribution in [0.1, 0.15) is 30.6 Å². The maximum absolute atomic E-state index is 10.8. The molecule has 6 heteroatoms. The molecule has 0 unspecified atom stereocenters. The molecule has 0 heterocycles. The number of rotatable bonds is 6. The highest BCUT2D eigenvalue weighted by Gasteiger charge is 2.18. The number of aldehydes is 1. The number of aliphatic hydroxyl groups is 1. The van der Waals surface area contributed by atoms with E-state index in [4.69, 9.17) is 4.74 Å². The van der Waals surface area contributed by atoms with Gasteiger partial charge in [0.1, 0.15) is 6.29 Å². The van der Waals surface area contributed by atoms with Gasteiger partial charge in [0.2, 0.25) is 0 Å². The van der Waals surface area contributed by atoms with Gasteiger partial charge in [-0.15, -0.1) is 0 Å². The summed E-state index contributed by atoms with van der Waals surface area (Å²) in [6.45, 7) is 3.41. The second-order valence-corrected chi connectivity index (χ2v) is 4.51. The molecule has 0 spiro atoms. The van der Waals surface area contributed by atoms with Crippen LogP contribution in [0.5, 0.6) is 5.75 Å². The molecule has 1 aromatic rings. The molecule has 0 amide bonds. The van der Waals surface area contributed by atoms with Crippen LogP contribution in [0.2, 0.25) is 0 Å². The first-order valence-electron chi connectivity index (χ1n) is 5.42. The zero-order chi connectivity index (χ0) is 13.8. The third-order valence-corrected chi connectivity index (χ3v) is 2.29. The van der Waals surface area contributed by atoms with Crippen LogP contribution < -0.4 is 4.74 Å². The van der Waals surface area contributed by atoms with Gasteiger partial charge in [-0.05, 0) is 26.0 Å². The van der Waals surface area contributed by atoms with Gasteiger partial charge >= 0.3 is 5.69 Å². The zero-order valence-corrected chi connectivity index (χ0v) is 10.3. The molecule has 98 valence electrons. The Morgan fingerprint density at radius 2 is 2.17 bits per heavy atom. The molecule has 0 aliphatic carbocycles. The van der Waals surface area contributed by atoms with E-state index in [0.717, 1.165) is 6.07 Å². The summed E-state index contributed by atoms with van der Waals surface area (Å²) in [5, 5.41) is 20.3. The molecule has 0 saturated carbocycles. The van der Waals surface area contributed by atoms with Gasteiger partial charge in [-0.1, -0.05) is 0 Å². The molecular weight excluding hydrogens is 238 g/mol. The summed E-state index contributed by atoms with van der Waals surface area (Å²) >= 11 is 0. The van der Waals surface area contributed by atoms with Crippen LogP contribution >= 0.6 is 0 Å². The van der Waals surface area contributed by atoms with Crippen molar-refractivity contribution in [2.75, 3.05) is 6.61 Å². The van der Waals surface area contributed by atoms with Crippen LogP contribution in [-0.2, 0) is 0 Å². The Bertz CT molecular complexity index is 450. The Morgan fingerprint density at radius 1 is 1.50 bits per heavy atom. The maximum Gasteiger partial charge on any atom is 0.311 e. The van der Waals surface area contributed by atoms with Gasteiger partial charge < -0.3 is 9.84 Å². The van der Waals surface area contributed by atoms with Gasteiger partial charge in [-0.2, -0.15) is 0 Å². The second-order valence-electron chi connectivity index (χ2n) is 4.51. The molecule has 0 fully saturated rings. The van der Waals surface area contributed by atoms with Gasteiger partial charge in [-0.3, -0.25) is 14.9 Å². The number of nitrogens with zero attached hydrogens (tertiary/aromatic N) is 1. The lowest BCUT2D eigenvalue weighted by atomic mass is 10.1. The number of benzene rings is 1. The third-order valence-electron chi connectivity index (χ3n) is 2.29. The maximum atomic E-state index is 10.8. The number of nitro benzene ring substituents is 1. The second kappa shape index (κ2) is 5.59. The highest BCUT2D eigenvalue weighted by Crippen LogP contribution is 2.27. The average molecular weight is 253 g/mol. The molecule has 1 rings (SSSR count). The zero-order valence-electron chi connectivity index (χ0n) is 10.3. The summed E-state index contributed by atoms with van der Waals surface area (Å²) in [7, 11) is 0. The van der Waals surface area contributed by atoms with Crippen molar-refractivity contribution in [3.05, 3.63) is 33.9 Å². The van der Waals surface area contributed by atoms with Gasteiger partial charge in [-0.25, -0.2) is 0 Å². The van der Waals surface area contributed by atoms with Crippen molar-refractivity contribution >= 4 is 12.0 Å². The first kappa shape index (κ1) is 14.1. The lowest BCUT2D eigenvalue weighted by Gasteiger charge is -2.16. The third kappa shape index (κ3) is 4.14. The number of carbonyl (C=O) groups is 1. The number of hydrogen-bond donors (Lipinski definition) is 1. The molecule has 0 atom stereocenters. The van der Waals surface area contributed by atoms with Crippen LogP contribution in [0.25, 0.3) is 0 Å².